The van der Waals surface area contributed by atoms with Crippen molar-refractivity contribution < 1.29 is 9.53 Å². The maximum atomic E-state index is 10.3. The van der Waals surface area contributed by atoms with Gasteiger partial charge in [0.05, 0.1) is 18.5 Å². The second-order valence-corrected chi connectivity index (χ2v) is 6.03. The van der Waals surface area contributed by atoms with Crippen molar-refractivity contribution in [3.8, 4) is 29.9 Å². The quantitative estimate of drug-likeness (QED) is 0.208. The van der Waals surface area contributed by atoms with Crippen LogP contribution in [0.3, 0.4) is 0 Å². The summed E-state index contributed by atoms with van der Waals surface area (Å²) in [5.74, 6) is 0.827. The first-order valence-electron chi connectivity index (χ1n) is 9.65. The molecule has 0 aliphatic carbocycles. The minimum Gasteiger partial charge on any atom is -0.497 e. The molecular formula is C23H30N4O2. The van der Waals surface area contributed by atoms with Gasteiger partial charge in [0, 0.05) is 37.0 Å². The zero-order valence-electron chi connectivity index (χ0n) is 17.5. The second-order valence-electron chi connectivity index (χ2n) is 6.03. The Balaban J connectivity index is 0.00000204. The van der Waals surface area contributed by atoms with Crippen LogP contribution in [0.1, 0.15) is 32.3 Å². The lowest BCUT2D eigenvalue weighted by Crippen LogP contribution is -2.24. The zero-order valence-corrected chi connectivity index (χ0v) is 17.5. The number of amides is 1. The molecule has 0 aliphatic rings. The van der Waals surface area contributed by atoms with Crippen molar-refractivity contribution in [3.63, 3.8) is 0 Å². The van der Waals surface area contributed by atoms with Crippen molar-refractivity contribution in [2.24, 2.45) is 5.10 Å². The fourth-order valence-electron chi connectivity index (χ4n) is 2.73. The van der Waals surface area contributed by atoms with Gasteiger partial charge in [0.25, 0.3) is 0 Å². The maximum Gasteiger partial charge on any atom is 0.207 e. The molecule has 1 amide bonds. The van der Waals surface area contributed by atoms with Crippen LogP contribution in [0.5, 0.6) is 5.75 Å². The Kier molecular flexibility index (Phi) is 11.3. The fourth-order valence-corrected chi connectivity index (χ4v) is 2.73. The summed E-state index contributed by atoms with van der Waals surface area (Å²) in [4.78, 5) is 14.8. The summed E-state index contributed by atoms with van der Waals surface area (Å²) in [6, 6.07) is 12.0. The molecule has 1 aromatic heterocycles. The minimum atomic E-state index is 0.661. The van der Waals surface area contributed by atoms with Crippen LogP contribution in [0.15, 0.2) is 47.7 Å². The molecule has 1 aromatic carbocycles. The number of carbonyl (C=O) groups is 1. The highest BCUT2D eigenvalue weighted by atomic mass is 16.5. The lowest BCUT2D eigenvalue weighted by Gasteiger charge is -2.19. The Labute approximate surface area is 174 Å². The molecule has 6 nitrogen and oxygen atoms in total. The predicted molar refractivity (Wildman–Crippen MR) is 119 cm³/mol. The molecule has 29 heavy (non-hydrogen) atoms. The number of hydrogen-bond acceptors (Lipinski definition) is 5. The van der Waals surface area contributed by atoms with Crippen molar-refractivity contribution in [3.05, 3.63) is 48.2 Å². The summed E-state index contributed by atoms with van der Waals surface area (Å²) in [5.41, 5.74) is 4.05. The van der Waals surface area contributed by atoms with E-state index in [9.17, 15) is 4.79 Å². The average molecular weight is 395 g/mol. The molecule has 2 rings (SSSR count). The molecule has 0 saturated heterocycles. The number of terminal acetylenes is 1. The molecule has 6 heteroatoms. The number of benzene rings is 1. The fraction of sp³-hybridized carbons (Fsp3) is 0.348. The second kappa shape index (κ2) is 13.8. The number of hydrogen-bond donors (Lipinski definition) is 1. The molecular weight excluding hydrogens is 364 g/mol. The zero-order chi connectivity index (χ0) is 21.5. The highest BCUT2D eigenvalue weighted by Crippen LogP contribution is 2.22. The maximum absolute atomic E-state index is 10.3. The van der Waals surface area contributed by atoms with Gasteiger partial charge in [-0.2, -0.15) is 5.10 Å². The molecule has 0 unspecified atom stereocenters. The summed E-state index contributed by atoms with van der Waals surface area (Å²) in [5, 5.41) is 9.56. The minimum absolute atomic E-state index is 0.661. The van der Waals surface area contributed by atoms with E-state index in [1.54, 1.807) is 7.11 Å². The van der Waals surface area contributed by atoms with Crippen LogP contribution < -0.4 is 10.1 Å². The number of hydrazone groups is 1. The normalized spacial score (nSPS) is 10.4. The summed E-state index contributed by atoms with van der Waals surface area (Å²) < 4.78 is 5.22. The summed E-state index contributed by atoms with van der Waals surface area (Å²) >= 11 is 0. The van der Waals surface area contributed by atoms with E-state index in [4.69, 9.17) is 9.84 Å². The van der Waals surface area contributed by atoms with E-state index in [0.29, 0.717) is 6.54 Å². The van der Waals surface area contributed by atoms with Crippen LogP contribution in [0.25, 0.3) is 11.3 Å². The van der Waals surface area contributed by atoms with Crippen molar-refractivity contribution >= 4 is 12.1 Å². The Hall–Kier alpha value is -3.33. The number of methoxy groups -OCH3 is 1. The van der Waals surface area contributed by atoms with Gasteiger partial charge in [-0.3, -0.25) is 14.8 Å². The van der Waals surface area contributed by atoms with E-state index in [1.165, 1.54) is 0 Å². The van der Waals surface area contributed by atoms with Gasteiger partial charge in [0.2, 0.25) is 6.41 Å². The average Bonchev–Trinajstić information content (AvgIpc) is 2.80. The first kappa shape index (κ1) is 23.7. The van der Waals surface area contributed by atoms with Crippen LogP contribution in [0.2, 0.25) is 0 Å². The van der Waals surface area contributed by atoms with E-state index >= 15 is 0 Å². The van der Waals surface area contributed by atoms with Crippen molar-refractivity contribution in [1.82, 2.24) is 15.3 Å². The Morgan fingerprint density at radius 2 is 1.97 bits per heavy atom. The largest absolute Gasteiger partial charge is 0.497 e. The lowest BCUT2D eigenvalue weighted by molar-refractivity contribution is -0.109. The Morgan fingerprint density at radius 1 is 1.24 bits per heavy atom. The monoisotopic (exact) mass is 394 g/mol. The number of pyridine rings is 1. The van der Waals surface area contributed by atoms with Crippen molar-refractivity contribution in [2.75, 3.05) is 26.7 Å². The molecule has 0 atom stereocenters. The molecule has 1 N–H and O–H groups in total. The Morgan fingerprint density at radius 3 is 2.55 bits per heavy atom. The number of nitrogens with one attached hydrogen (secondary N) is 1. The van der Waals surface area contributed by atoms with Crippen LogP contribution in [0.4, 0.5) is 0 Å². The van der Waals surface area contributed by atoms with E-state index in [2.05, 4.69) is 43.1 Å². The topological polar surface area (TPSA) is 66.8 Å². The van der Waals surface area contributed by atoms with Gasteiger partial charge >= 0.3 is 0 Å². The molecule has 154 valence electrons. The van der Waals surface area contributed by atoms with Gasteiger partial charge in [-0.15, -0.1) is 12.8 Å². The molecule has 1 heterocycles. The molecule has 0 radical (unpaired) electrons. The lowest BCUT2D eigenvalue weighted by atomic mass is 10.1. The third-order valence-electron chi connectivity index (χ3n) is 4.26. The number of aromatic nitrogens is 1. The van der Waals surface area contributed by atoms with Gasteiger partial charge in [0.15, 0.2) is 0 Å². The number of rotatable bonds is 11. The number of carbonyl (C=O) groups excluding carboxylic acids is 1. The smallest absolute Gasteiger partial charge is 0.207 e. The van der Waals surface area contributed by atoms with Crippen LogP contribution >= 0.6 is 0 Å². The van der Waals surface area contributed by atoms with E-state index < -0.39 is 0 Å². The highest BCUT2D eigenvalue weighted by molar-refractivity contribution is 6.00. The van der Waals surface area contributed by atoms with Gasteiger partial charge < -0.3 is 10.1 Å². The van der Waals surface area contributed by atoms with Crippen molar-refractivity contribution in [2.45, 2.75) is 26.7 Å². The highest BCUT2D eigenvalue weighted by Gasteiger charge is 2.08. The number of nitrogens with zero attached hydrogens (tertiary/aromatic N) is 3. The molecule has 0 aliphatic heterocycles. The molecule has 0 saturated carbocycles. The van der Waals surface area contributed by atoms with Crippen LogP contribution in [-0.2, 0) is 4.79 Å². The van der Waals surface area contributed by atoms with Gasteiger partial charge in [0.1, 0.15) is 5.75 Å². The van der Waals surface area contributed by atoms with Crippen LogP contribution in [0, 0.1) is 12.8 Å². The predicted octanol–water partition coefficient (Wildman–Crippen LogP) is 3.58. The first-order valence-corrected chi connectivity index (χ1v) is 9.65. The van der Waals surface area contributed by atoms with Crippen molar-refractivity contribution in [1.29, 1.82) is 0 Å². The first-order chi connectivity index (χ1) is 14.2. The molecule has 0 bridgehead atoms. The molecule has 0 fully saturated rings. The van der Waals surface area contributed by atoms with E-state index in [0.717, 1.165) is 60.6 Å². The van der Waals surface area contributed by atoms with E-state index in [-0.39, 0.29) is 0 Å². The third-order valence-corrected chi connectivity index (χ3v) is 4.26. The molecule has 2 aromatic rings. The van der Waals surface area contributed by atoms with E-state index in [1.807, 2.05) is 41.5 Å². The number of ether oxygens (including phenoxy) is 1. The van der Waals surface area contributed by atoms with Gasteiger partial charge in [-0.05, 0) is 56.2 Å². The SMILES string of the molecule is C#C.CC/C(=N\N(CC)CCCNC=O)c1ccnc(-c2ccc(OC)cc2)c1. The third kappa shape index (κ3) is 7.67. The van der Waals surface area contributed by atoms with Gasteiger partial charge in [-0.1, -0.05) is 6.92 Å². The summed E-state index contributed by atoms with van der Waals surface area (Å²) in [6.45, 7) is 6.47. The van der Waals surface area contributed by atoms with Gasteiger partial charge in [-0.25, -0.2) is 0 Å². The van der Waals surface area contributed by atoms with Crippen LogP contribution in [-0.4, -0.2) is 48.9 Å². The standard InChI is InChI=1S/C21H28N4O2.C2H2/c1-4-20(24-25(5-2)14-6-12-22-16-26)18-11-13-23-21(15-18)17-7-9-19(27-3)10-8-17;1-2/h7-11,13,15-16H,4-6,12,14H2,1-3H3,(H,22,26);1-2H/b24-20+;. The molecule has 0 spiro atoms. The summed E-state index contributed by atoms with van der Waals surface area (Å²) in [6.07, 6.45) is 12.2. The Bertz CT molecular complexity index is 785. The summed E-state index contributed by atoms with van der Waals surface area (Å²) in [7, 11) is 1.66.